The third-order valence-corrected chi connectivity index (χ3v) is 2.31. The van der Waals surface area contributed by atoms with Gasteiger partial charge in [0.15, 0.2) is 0 Å². The van der Waals surface area contributed by atoms with Crippen molar-refractivity contribution >= 4 is 0 Å². The van der Waals surface area contributed by atoms with Gasteiger partial charge >= 0.3 is 0 Å². The van der Waals surface area contributed by atoms with Crippen LogP contribution in [0.5, 0.6) is 11.6 Å². The number of nitrogens with one attached hydrogen (secondary N) is 1. The number of benzene rings is 1. The Labute approximate surface area is 94.4 Å². The van der Waals surface area contributed by atoms with Crippen molar-refractivity contribution < 1.29 is 4.74 Å². The van der Waals surface area contributed by atoms with Crippen LogP contribution >= 0.6 is 0 Å². The first kappa shape index (κ1) is 10.7. The van der Waals surface area contributed by atoms with Crippen molar-refractivity contribution in [3.8, 4) is 11.6 Å². The molecule has 1 unspecified atom stereocenters. The fourth-order valence-electron chi connectivity index (χ4n) is 1.51. The number of nitrogens with two attached hydrogens (primary N) is 1. The Bertz CT molecular complexity index is 477. The zero-order chi connectivity index (χ0) is 11.5. The number of rotatable bonds is 3. The van der Waals surface area contributed by atoms with Crippen LogP contribution in [0.3, 0.4) is 0 Å². The van der Waals surface area contributed by atoms with Crippen LogP contribution < -0.4 is 10.5 Å². The monoisotopic (exact) mass is 217 g/mol. The second-order valence-electron chi connectivity index (χ2n) is 3.82. The lowest BCUT2D eigenvalue weighted by atomic mass is 10.1. The molecule has 0 spiro atoms. The van der Waals surface area contributed by atoms with Crippen molar-refractivity contribution in [1.82, 2.24) is 10.2 Å². The average molecular weight is 217 g/mol. The van der Waals surface area contributed by atoms with E-state index < -0.39 is 0 Å². The van der Waals surface area contributed by atoms with Crippen molar-refractivity contribution in [3.63, 3.8) is 0 Å². The Balaban J connectivity index is 2.27. The van der Waals surface area contributed by atoms with E-state index in [4.69, 9.17) is 10.5 Å². The summed E-state index contributed by atoms with van der Waals surface area (Å²) in [6.45, 7) is 3.86. The molecule has 0 amide bonds. The maximum Gasteiger partial charge on any atom is 0.238 e. The van der Waals surface area contributed by atoms with Crippen LogP contribution in [-0.4, -0.2) is 10.2 Å². The number of nitrogens with zero attached hydrogens (tertiary/aromatic N) is 1. The van der Waals surface area contributed by atoms with E-state index in [1.54, 1.807) is 0 Å². The number of H-pyrrole nitrogens is 1. The highest BCUT2D eigenvalue weighted by atomic mass is 16.5. The van der Waals surface area contributed by atoms with Crippen molar-refractivity contribution in [1.29, 1.82) is 0 Å². The number of aromatic amines is 1. The summed E-state index contributed by atoms with van der Waals surface area (Å²) >= 11 is 0. The first-order valence-corrected chi connectivity index (χ1v) is 5.21. The molecule has 2 rings (SSSR count). The second kappa shape index (κ2) is 4.37. The molecule has 0 aliphatic heterocycles. The maximum atomic E-state index is 5.87. The van der Waals surface area contributed by atoms with E-state index in [2.05, 4.69) is 10.2 Å². The topological polar surface area (TPSA) is 63.9 Å². The number of aryl methyl sites for hydroxylation is 1. The lowest BCUT2D eigenvalue weighted by Gasteiger charge is -2.11. The highest BCUT2D eigenvalue weighted by Crippen LogP contribution is 2.27. The quantitative estimate of drug-likeness (QED) is 0.830. The summed E-state index contributed by atoms with van der Waals surface area (Å²) in [5, 5.41) is 6.85. The molecule has 1 aromatic carbocycles. The molecular formula is C12H15N3O. The third-order valence-electron chi connectivity index (χ3n) is 2.31. The van der Waals surface area contributed by atoms with Crippen LogP contribution in [0, 0.1) is 6.92 Å². The van der Waals surface area contributed by atoms with Gasteiger partial charge in [0.05, 0.1) is 0 Å². The van der Waals surface area contributed by atoms with E-state index in [1.165, 1.54) is 0 Å². The van der Waals surface area contributed by atoms with Crippen molar-refractivity contribution in [3.05, 3.63) is 41.6 Å². The minimum Gasteiger partial charge on any atom is -0.437 e. The highest BCUT2D eigenvalue weighted by Gasteiger charge is 2.09. The van der Waals surface area contributed by atoms with Crippen LogP contribution in [0.25, 0.3) is 0 Å². The summed E-state index contributed by atoms with van der Waals surface area (Å²) in [5.74, 6) is 1.31. The van der Waals surface area contributed by atoms with Crippen molar-refractivity contribution in [2.45, 2.75) is 19.9 Å². The van der Waals surface area contributed by atoms with Gasteiger partial charge < -0.3 is 10.5 Å². The molecule has 0 saturated carbocycles. The molecule has 4 nitrogen and oxygen atoms in total. The second-order valence-corrected chi connectivity index (χ2v) is 3.82. The van der Waals surface area contributed by atoms with Crippen LogP contribution in [0.1, 0.15) is 24.2 Å². The summed E-state index contributed by atoms with van der Waals surface area (Å²) < 4.78 is 5.67. The molecule has 0 fully saturated rings. The molecule has 1 heterocycles. The summed E-state index contributed by atoms with van der Waals surface area (Å²) in [5.41, 5.74) is 7.81. The van der Waals surface area contributed by atoms with Gasteiger partial charge in [0.25, 0.3) is 0 Å². The lowest BCUT2D eigenvalue weighted by molar-refractivity contribution is 0.452. The molecule has 0 bridgehead atoms. The van der Waals surface area contributed by atoms with Crippen molar-refractivity contribution in [2.24, 2.45) is 5.73 Å². The largest absolute Gasteiger partial charge is 0.437 e. The molecule has 1 atom stereocenters. The number of hydrogen-bond donors (Lipinski definition) is 2. The first-order chi connectivity index (χ1) is 7.66. The van der Waals surface area contributed by atoms with Gasteiger partial charge in [0.2, 0.25) is 5.88 Å². The molecule has 1 aromatic heterocycles. The molecule has 0 aliphatic rings. The fourth-order valence-corrected chi connectivity index (χ4v) is 1.51. The molecule has 3 N–H and O–H groups in total. The van der Waals surface area contributed by atoms with E-state index in [-0.39, 0.29) is 6.04 Å². The molecule has 0 aliphatic carbocycles. The summed E-state index contributed by atoms with van der Waals surface area (Å²) in [6, 6.07) is 9.50. The number of hydrogen-bond acceptors (Lipinski definition) is 3. The summed E-state index contributed by atoms with van der Waals surface area (Å²) in [6.07, 6.45) is 0. The van der Waals surface area contributed by atoms with Gasteiger partial charge in [-0.05, 0) is 19.9 Å². The Morgan fingerprint density at radius 3 is 2.75 bits per heavy atom. The SMILES string of the molecule is Cc1cc(Oc2ccccc2C(C)N)n[nH]1. The van der Waals surface area contributed by atoms with Gasteiger partial charge in [-0.1, -0.05) is 18.2 Å². The highest BCUT2D eigenvalue weighted by molar-refractivity contribution is 5.37. The van der Waals surface area contributed by atoms with Gasteiger partial charge in [-0.2, -0.15) is 0 Å². The Morgan fingerprint density at radius 2 is 2.12 bits per heavy atom. The van der Waals surface area contributed by atoms with E-state index in [9.17, 15) is 0 Å². The summed E-state index contributed by atoms with van der Waals surface area (Å²) in [7, 11) is 0. The van der Waals surface area contributed by atoms with E-state index in [0.717, 1.165) is 17.0 Å². The van der Waals surface area contributed by atoms with Gasteiger partial charge in [0, 0.05) is 23.4 Å². The normalized spacial score (nSPS) is 12.4. The number of aromatic nitrogens is 2. The van der Waals surface area contributed by atoms with Crippen LogP contribution in [0.4, 0.5) is 0 Å². The predicted molar refractivity (Wildman–Crippen MR) is 62.4 cm³/mol. The summed E-state index contributed by atoms with van der Waals surface area (Å²) in [4.78, 5) is 0. The standard InChI is InChI=1S/C12H15N3O/c1-8-7-12(15-14-8)16-11-6-4-3-5-10(11)9(2)13/h3-7,9H,13H2,1-2H3,(H,14,15). The zero-order valence-electron chi connectivity index (χ0n) is 9.40. The smallest absolute Gasteiger partial charge is 0.238 e. The van der Waals surface area contributed by atoms with Crippen LogP contribution in [0.2, 0.25) is 0 Å². The van der Waals surface area contributed by atoms with E-state index in [1.807, 2.05) is 44.2 Å². The van der Waals surface area contributed by atoms with E-state index >= 15 is 0 Å². The predicted octanol–water partition coefficient (Wildman–Crippen LogP) is 2.53. The Hall–Kier alpha value is -1.81. The van der Waals surface area contributed by atoms with Gasteiger partial charge in [-0.15, -0.1) is 5.10 Å². The minimum atomic E-state index is -0.0590. The first-order valence-electron chi connectivity index (χ1n) is 5.21. The van der Waals surface area contributed by atoms with Crippen molar-refractivity contribution in [2.75, 3.05) is 0 Å². The Kier molecular flexibility index (Phi) is 2.92. The number of ether oxygens (including phenoxy) is 1. The lowest BCUT2D eigenvalue weighted by Crippen LogP contribution is -2.06. The molecule has 4 heteroatoms. The molecule has 2 aromatic rings. The molecule has 16 heavy (non-hydrogen) atoms. The third kappa shape index (κ3) is 2.23. The number of para-hydroxylation sites is 1. The average Bonchev–Trinajstić information content (AvgIpc) is 2.64. The molecule has 0 saturated heterocycles. The van der Waals surface area contributed by atoms with E-state index in [0.29, 0.717) is 5.88 Å². The van der Waals surface area contributed by atoms with Gasteiger partial charge in [0.1, 0.15) is 5.75 Å². The van der Waals surface area contributed by atoms with Gasteiger partial charge in [-0.25, -0.2) is 0 Å². The minimum absolute atomic E-state index is 0.0590. The van der Waals surface area contributed by atoms with Crippen LogP contribution in [-0.2, 0) is 0 Å². The molecular weight excluding hydrogens is 202 g/mol. The molecule has 0 radical (unpaired) electrons. The Morgan fingerprint density at radius 1 is 1.38 bits per heavy atom. The fraction of sp³-hybridized carbons (Fsp3) is 0.250. The van der Waals surface area contributed by atoms with Gasteiger partial charge in [-0.3, -0.25) is 5.10 Å². The zero-order valence-corrected chi connectivity index (χ0v) is 9.40. The molecule has 84 valence electrons. The van der Waals surface area contributed by atoms with Crippen LogP contribution in [0.15, 0.2) is 30.3 Å². The maximum absolute atomic E-state index is 5.87.